The summed E-state index contributed by atoms with van der Waals surface area (Å²) in [4.78, 5) is 39.7. The molecule has 28 heavy (non-hydrogen) atoms. The first-order valence-corrected chi connectivity index (χ1v) is 9.15. The van der Waals surface area contributed by atoms with Crippen molar-refractivity contribution in [3.8, 4) is 0 Å². The molecule has 1 unspecified atom stereocenters. The first-order chi connectivity index (χ1) is 12.9. The molecule has 0 radical (unpaired) electrons. The third kappa shape index (κ3) is 2.99. The van der Waals surface area contributed by atoms with Crippen LogP contribution in [0.1, 0.15) is 33.9 Å². The lowest BCUT2D eigenvalue weighted by atomic mass is 10.1. The second-order valence-electron chi connectivity index (χ2n) is 7.49. The molecule has 0 aromatic carbocycles. The topological polar surface area (TPSA) is 120 Å². The van der Waals surface area contributed by atoms with E-state index in [0.717, 1.165) is 10.8 Å². The molecule has 154 valence electrons. The summed E-state index contributed by atoms with van der Waals surface area (Å²) in [5, 5.41) is 9.56. The maximum absolute atomic E-state index is 15.5. The molecule has 1 aromatic rings. The second kappa shape index (κ2) is 6.78. The average Bonchev–Trinajstić information content (AvgIpc) is 3.07. The predicted molar refractivity (Wildman–Crippen MR) is 95.2 cm³/mol. The van der Waals surface area contributed by atoms with Crippen molar-refractivity contribution in [1.29, 1.82) is 0 Å². The molecule has 0 bridgehead atoms. The number of rotatable bonds is 5. The maximum atomic E-state index is 15.5. The van der Waals surface area contributed by atoms with Gasteiger partial charge in [-0.15, -0.1) is 0 Å². The maximum Gasteiger partial charge on any atom is 0.351 e. The SMILES string of the molecule is CC(C)C(=O)Nc1ccn([C@@H]2O[C@@H]3C(O)[C@]3(OC(=O)C(C)C)[C@]2(F)Cl)c(=O)n1. The first-order valence-electron chi connectivity index (χ1n) is 8.77. The fourth-order valence-electron chi connectivity index (χ4n) is 2.94. The van der Waals surface area contributed by atoms with Gasteiger partial charge in [0.15, 0.2) is 6.23 Å². The number of halogens is 2. The van der Waals surface area contributed by atoms with E-state index in [2.05, 4.69) is 10.3 Å². The van der Waals surface area contributed by atoms with Crippen LogP contribution in [0.15, 0.2) is 17.1 Å². The third-order valence-corrected chi connectivity index (χ3v) is 5.23. The van der Waals surface area contributed by atoms with E-state index in [1.54, 1.807) is 27.7 Å². The average molecular weight is 418 g/mol. The number of carbonyl (C=O) groups is 2. The Balaban J connectivity index is 1.87. The van der Waals surface area contributed by atoms with E-state index >= 15 is 4.39 Å². The zero-order chi connectivity index (χ0) is 21.0. The van der Waals surface area contributed by atoms with Crippen LogP contribution < -0.4 is 11.0 Å². The van der Waals surface area contributed by atoms with E-state index in [-0.39, 0.29) is 17.6 Å². The van der Waals surface area contributed by atoms with Gasteiger partial charge in [-0.05, 0) is 6.07 Å². The number of esters is 1. The molecule has 1 aromatic heterocycles. The number of amides is 1. The Morgan fingerprint density at radius 2 is 2.04 bits per heavy atom. The molecule has 2 fully saturated rings. The third-order valence-electron chi connectivity index (χ3n) is 4.75. The lowest BCUT2D eigenvalue weighted by Gasteiger charge is -2.30. The molecule has 2 aliphatic rings. The molecule has 9 nitrogen and oxygen atoms in total. The van der Waals surface area contributed by atoms with E-state index in [9.17, 15) is 19.5 Å². The number of alkyl halides is 2. The molecule has 1 saturated heterocycles. The molecule has 1 amide bonds. The van der Waals surface area contributed by atoms with Crippen LogP contribution in [-0.2, 0) is 19.1 Å². The minimum atomic E-state index is -2.91. The molecule has 2 heterocycles. The molecule has 0 spiro atoms. The van der Waals surface area contributed by atoms with Gasteiger partial charge in [0, 0.05) is 12.1 Å². The van der Waals surface area contributed by atoms with Gasteiger partial charge in [0.05, 0.1) is 5.92 Å². The van der Waals surface area contributed by atoms with Crippen molar-refractivity contribution in [3.05, 3.63) is 22.7 Å². The normalized spacial score (nSPS) is 33.7. The van der Waals surface area contributed by atoms with Crippen molar-refractivity contribution < 1.29 is 28.6 Å². The van der Waals surface area contributed by atoms with Gasteiger partial charge in [0.1, 0.15) is 18.0 Å². The minimum absolute atomic E-state index is 0.0110. The number of fused-ring (bicyclic) bond motifs is 1. The van der Waals surface area contributed by atoms with Crippen molar-refractivity contribution in [3.63, 3.8) is 0 Å². The Kier molecular flexibility index (Phi) is 5.01. The van der Waals surface area contributed by atoms with Crippen LogP contribution >= 0.6 is 11.6 Å². The van der Waals surface area contributed by atoms with Gasteiger partial charge in [-0.3, -0.25) is 14.2 Å². The van der Waals surface area contributed by atoms with Crippen LogP contribution in [0.5, 0.6) is 0 Å². The van der Waals surface area contributed by atoms with E-state index in [0.29, 0.717) is 0 Å². The Bertz CT molecular complexity index is 873. The highest BCUT2D eigenvalue weighted by molar-refractivity contribution is 6.25. The number of aromatic nitrogens is 2. The van der Waals surface area contributed by atoms with Gasteiger partial charge in [-0.2, -0.15) is 4.98 Å². The Hall–Kier alpha value is -2.04. The highest BCUT2D eigenvalue weighted by Crippen LogP contribution is 2.65. The Labute approximate surface area is 164 Å². The van der Waals surface area contributed by atoms with Crippen LogP contribution in [0.3, 0.4) is 0 Å². The molecule has 11 heteroatoms. The number of aliphatic hydroxyl groups is 1. The highest BCUT2D eigenvalue weighted by atomic mass is 35.5. The first kappa shape index (κ1) is 20.7. The zero-order valence-electron chi connectivity index (χ0n) is 15.7. The van der Waals surface area contributed by atoms with E-state index in [1.807, 2.05) is 0 Å². The molecule has 1 aliphatic carbocycles. The van der Waals surface area contributed by atoms with Crippen LogP contribution in [0.4, 0.5) is 10.2 Å². The van der Waals surface area contributed by atoms with Crippen molar-refractivity contribution in [2.75, 3.05) is 5.32 Å². The minimum Gasteiger partial charge on any atom is -0.448 e. The number of carbonyl (C=O) groups excluding carboxylic acids is 2. The number of anilines is 1. The number of ether oxygens (including phenoxy) is 2. The number of nitrogens with one attached hydrogen (secondary N) is 1. The van der Waals surface area contributed by atoms with Crippen LogP contribution in [0.25, 0.3) is 0 Å². The van der Waals surface area contributed by atoms with Crippen LogP contribution in [0, 0.1) is 11.8 Å². The number of hydrogen-bond acceptors (Lipinski definition) is 7. The van der Waals surface area contributed by atoms with E-state index in [4.69, 9.17) is 21.1 Å². The fraction of sp³-hybridized carbons (Fsp3) is 0.647. The largest absolute Gasteiger partial charge is 0.448 e. The second-order valence-corrected chi connectivity index (χ2v) is 8.04. The lowest BCUT2D eigenvalue weighted by Crippen LogP contribution is -2.48. The van der Waals surface area contributed by atoms with Gasteiger partial charge in [0.25, 0.3) is 5.13 Å². The predicted octanol–water partition coefficient (Wildman–Crippen LogP) is 0.952. The summed E-state index contributed by atoms with van der Waals surface area (Å²) in [6.07, 6.45) is -3.20. The van der Waals surface area contributed by atoms with Crippen LogP contribution in [-0.4, -0.2) is 49.5 Å². The smallest absolute Gasteiger partial charge is 0.351 e. The highest BCUT2D eigenvalue weighted by Gasteiger charge is 2.88. The summed E-state index contributed by atoms with van der Waals surface area (Å²) in [6.45, 7) is 6.43. The van der Waals surface area contributed by atoms with E-state index < -0.39 is 46.7 Å². The number of hydrogen-bond donors (Lipinski definition) is 2. The fourth-order valence-corrected chi connectivity index (χ4v) is 3.35. The molecule has 5 atom stereocenters. The quantitative estimate of drug-likeness (QED) is 0.540. The molecule has 2 N–H and O–H groups in total. The number of nitrogens with zero attached hydrogens (tertiary/aromatic N) is 2. The van der Waals surface area contributed by atoms with Gasteiger partial charge in [-0.25, -0.2) is 9.18 Å². The number of aliphatic hydroxyl groups excluding tert-OH is 1. The van der Waals surface area contributed by atoms with Gasteiger partial charge >= 0.3 is 11.7 Å². The van der Waals surface area contributed by atoms with Gasteiger partial charge < -0.3 is 19.9 Å². The summed E-state index contributed by atoms with van der Waals surface area (Å²) in [6, 6.07) is 1.28. The molecule has 3 rings (SSSR count). The summed E-state index contributed by atoms with van der Waals surface area (Å²) in [5.74, 6) is -2.02. The van der Waals surface area contributed by atoms with Gasteiger partial charge in [0.2, 0.25) is 11.5 Å². The van der Waals surface area contributed by atoms with Crippen molar-refractivity contribution in [2.24, 2.45) is 11.8 Å². The van der Waals surface area contributed by atoms with Gasteiger partial charge in [-0.1, -0.05) is 39.3 Å². The summed E-state index contributed by atoms with van der Waals surface area (Å²) >= 11 is 6.01. The Morgan fingerprint density at radius 3 is 2.57 bits per heavy atom. The molecule has 1 aliphatic heterocycles. The molecule has 1 saturated carbocycles. The molecular formula is C17H21ClFN3O6. The van der Waals surface area contributed by atoms with Crippen molar-refractivity contribution in [1.82, 2.24) is 9.55 Å². The van der Waals surface area contributed by atoms with Crippen molar-refractivity contribution >= 4 is 29.3 Å². The zero-order valence-corrected chi connectivity index (χ0v) is 16.4. The van der Waals surface area contributed by atoms with Crippen molar-refractivity contribution in [2.45, 2.75) is 56.9 Å². The lowest BCUT2D eigenvalue weighted by molar-refractivity contribution is -0.166. The standard InChI is InChI=1S/C17H21ClFN3O6/c1-7(2)12(24)20-9-5-6-22(15(26)21-9)14-17(18,19)16(10(23)11(16)27-14)28-13(25)8(3)4/h5-8,10-11,14,23H,1-4H3,(H,20,21,24,26)/t10?,11-,14-,16-,17+/m1/s1. The summed E-state index contributed by atoms with van der Waals surface area (Å²) in [7, 11) is 0. The monoisotopic (exact) mass is 417 g/mol. The van der Waals surface area contributed by atoms with Crippen LogP contribution in [0.2, 0.25) is 0 Å². The van der Waals surface area contributed by atoms with E-state index in [1.165, 1.54) is 6.07 Å². The Morgan fingerprint density at radius 1 is 1.39 bits per heavy atom. The molecular weight excluding hydrogens is 397 g/mol. The summed E-state index contributed by atoms with van der Waals surface area (Å²) in [5.41, 5.74) is -3.04. The summed E-state index contributed by atoms with van der Waals surface area (Å²) < 4.78 is 26.8.